The molecule has 1 aromatic heterocycles. The molecule has 6 heteroatoms. The second kappa shape index (κ2) is 15.2. The Morgan fingerprint density at radius 1 is 0.854 bits per heavy atom. The van der Waals surface area contributed by atoms with Crippen molar-refractivity contribution in [3.8, 4) is 16.9 Å². The first kappa shape index (κ1) is 34.1. The molecule has 1 unspecified atom stereocenters. The van der Waals surface area contributed by atoms with Crippen molar-refractivity contribution < 1.29 is 9.13 Å². The molecule has 5 nitrogen and oxygen atoms in total. The Balaban J connectivity index is 1.27. The minimum atomic E-state index is -0.209. The smallest absolute Gasteiger partial charge is 0.123 e. The number of piperidine rings is 1. The normalized spacial score (nSPS) is 18.6. The first-order valence-electron chi connectivity index (χ1n) is 17.9. The van der Waals surface area contributed by atoms with E-state index in [9.17, 15) is 4.39 Å². The van der Waals surface area contributed by atoms with Crippen LogP contribution < -0.4 is 9.64 Å². The number of aryl methyl sites for hydroxylation is 1. The minimum Gasteiger partial charge on any atom is -0.493 e. The van der Waals surface area contributed by atoms with Gasteiger partial charge in [0.05, 0.1) is 18.0 Å². The number of piperazine rings is 1. The summed E-state index contributed by atoms with van der Waals surface area (Å²) in [5, 5.41) is 0. The number of hydrogen-bond acceptors (Lipinski definition) is 5. The lowest BCUT2D eigenvalue weighted by molar-refractivity contribution is 0.0724. The summed E-state index contributed by atoms with van der Waals surface area (Å²) in [4.78, 5) is 13.3. The zero-order valence-electron chi connectivity index (χ0n) is 29.6. The summed E-state index contributed by atoms with van der Waals surface area (Å²) in [5.74, 6) is 0.640. The first-order valence-corrected chi connectivity index (χ1v) is 17.9. The number of anilines is 1. The fraction of sp³-hybridized carbons (Fsp3) is 0.452. The molecule has 2 saturated heterocycles. The van der Waals surface area contributed by atoms with Crippen LogP contribution in [-0.2, 0) is 25.9 Å². The lowest BCUT2D eigenvalue weighted by Crippen LogP contribution is -2.51. The van der Waals surface area contributed by atoms with Gasteiger partial charge in [-0.05, 0) is 85.0 Å². The molecule has 6 rings (SSSR count). The van der Waals surface area contributed by atoms with E-state index in [1.54, 1.807) is 0 Å². The van der Waals surface area contributed by atoms with Crippen LogP contribution in [0.3, 0.4) is 0 Å². The van der Waals surface area contributed by atoms with Crippen LogP contribution in [-0.4, -0.2) is 60.2 Å². The molecule has 3 heterocycles. The summed E-state index contributed by atoms with van der Waals surface area (Å²) in [6, 6.07) is 26.6. The van der Waals surface area contributed by atoms with Crippen molar-refractivity contribution in [1.82, 2.24) is 14.8 Å². The first-order chi connectivity index (χ1) is 23.2. The van der Waals surface area contributed by atoms with Gasteiger partial charge in [-0.3, -0.25) is 14.8 Å². The molecular weight excluding hydrogens is 595 g/mol. The fourth-order valence-corrected chi connectivity index (χ4v) is 7.45. The van der Waals surface area contributed by atoms with Gasteiger partial charge in [-0.15, -0.1) is 0 Å². The molecule has 0 N–H and O–H groups in total. The van der Waals surface area contributed by atoms with E-state index in [4.69, 9.17) is 9.72 Å². The number of rotatable bonds is 11. The number of benzene rings is 3. The van der Waals surface area contributed by atoms with E-state index in [2.05, 4.69) is 104 Å². The van der Waals surface area contributed by atoms with E-state index in [1.165, 1.54) is 58.6 Å². The number of halogens is 1. The largest absolute Gasteiger partial charge is 0.493 e. The molecule has 0 spiro atoms. The van der Waals surface area contributed by atoms with Crippen molar-refractivity contribution in [2.24, 2.45) is 5.41 Å². The van der Waals surface area contributed by atoms with Gasteiger partial charge in [-0.25, -0.2) is 4.39 Å². The summed E-state index contributed by atoms with van der Waals surface area (Å²) in [6.07, 6.45) is 4.07. The van der Waals surface area contributed by atoms with Crippen LogP contribution in [0.25, 0.3) is 11.1 Å². The number of ether oxygens (including phenoxy) is 1. The monoisotopic (exact) mass is 648 g/mol. The standard InChI is InChI=1S/C42H53FN4O/c1-6-38-32(3)44-39(30-47-26-25-45(28-31(47)2)29-34-10-8-7-9-11-34)40(41(38)46-23-21-42(4,5)22-24-46)35-14-18-37(19-15-35)48-27-20-33-12-16-36(43)17-13-33/h7-19,31H,6,20-30H2,1-5H3. The molecule has 3 aromatic carbocycles. The van der Waals surface area contributed by atoms with Crippen LogP contribution in [0.15, 0.2) is 78.9 Å². The van der Waals surface area contributed by atoms with Gasteiger partial charge >= 0.3 is 0 Å². The van der Waals surface area contributed by atoms with Crippen LogP contribution in [0.1, 0.15) is 68.6 Å². The van der Waals surface area contributed by atoms with Crippen molar-refractivity contribution in [3.05, 3.63) is 113 Å². The summed E-state index contributed by atoms with van der Waals surface area (Å²) < 4.78 is 19.5. The molecule has 254 valence electrons. The van der Waals surface area contributed by atoms with Crippen molar-refractivity contribution >= 4 is 5.69 Å². The topological polar surface area (TPSA) is 31.8 Å². The van der Waals surface area contributed by atoms with Crippen molar-refractivity contribution in [3.63, 3.8) is 0 Å². The SMILES string of the molecule is CCc1c(C)nc(CN2CCN(Cc3ccccc3)CC2C)c(-c2ccc(OCCc3ccc(F)cc3)cc2)c1N1CCC(C)(C)CC1. The van der Waals surface area contributed by atoms with Gasteiger partial charge in [0.1, 0.15) is 11.6 Å². The summed E-state index contributed by atoms with van der Waals surface area (Å²) in [7, 11) is 0. The Kier molecular flexibility index (Phi) is 10.8. The predicted molar refractivity (Wildman–Crippen MR) is 196 cm³/mol. The van der Waals surface area contributed by atoms with Gasteiger partial charge in [0.2, 0.25) is 0 Å². The van der Waals surface area contributed by atoms with Gasteiger partial charge in [-0.2, -0.15) is 0 Å². The van der Waals surface area contributed by atoms with Gasteiger partial charge in [-0.1, -0.05) is 75.4 Å². The molecule has 4 aromatic rings. The van der Waals surface area contributed by atoms with Crippen LogP contribution >= 0.6 is 0 Å². The van der Waals surface area contributed by atoms with Crippen LogP contribution in [0.4, 0.5) is 10.1 Å². The van der Waals surface area contributed by atoms with Gasteiger partial charge in [0, 0.05) is 69.5 Å². The third-order valence-corrected chi connectivity index (χ3v) is 10.5. The molecule has 0 bridgehead atoms. The molecular formula is C42H53FN4O. The lowest BCUT2D eigenvalue weighted by atomic mass is 9.82. The third-order valence-electron chi connectivity index (χ3n) is 10.5. The van der Waals surface area contributed by atoms with E-state index in [-0.39, 0.29) is 5.82 Å². The Hall–Kier alpha value is -3.74. The highest BCUT2D eigenvalue weighted by atomic mass is 19.1. The number of pyridine rings is 1. The second-order valence-corrected chi connectivity index (χ2v) is 14.6. The highest BCUT2D eigenvalue weighted by Gasteiger charge is 2.31. The van der Waals surface area contributed by atoms with Crippen molar-refractivity contribution in [2.75, 3.05) is 44.2 Å². The lowest BCUT2D eigenvalue weighted by Gasteiger charge is -2.42. The molecule has 0 radical (unpaired) electrons. The summed E-state index contributed by atoms with van der Waals surface area (Å²) >= 11 is 0. The quantitative estimate of drug-likeness (QED) is 0.162. The van der Waals surface area contributed by atoms with E-state index in [1.807, 2.05) is 12.1 Å². The zero-order valence-corrected chi connectivity index (χ0v) is 29.6. The van der Waals surface area contributed by atoms with Crippen molar-refractivity contribution in [1.29, 1.82) is 0 Å². The Labute approximate surface area is 287 Å². The summed E-state index contributed by atoms with van der Waals surface area (Å²) in [6.45, 7) is 19.3. The zero-order chi connectivity index (χ0) is 33.7. The molecule has 48 heavy (non-hydrogen) atoms. The average molecular weight is 649 g/mol. The maximum atomic E-state index is 13.3. The fourth-order valence-electron chi connectivity index (χ4n) is 7.45. The molecule has 0 saturated carbocycles. The van der Waals surface area contributed by atoms with Crippen molar-refractivity contribution in [2.45, 2.75) is 79.4 Å². The number of nitrogens with zero attached hydrogens (tertiary/aromatic N) is 4. The van der Waals surface area contributed by atoms with Gasteiger partial charge < -0.3 is 9.64 Å². The molecule has 0 aliphatic carbocycles. The van der Waals surface area contributed by atoms with Crippen LogP contribution in [0.5, 0.6) is 5.75 Å². The molecule has 1 atom stereocenters. The summed E-state index contributed by atoms with van der Waals surface area (Å²) in [5.41, 5.74) is 10.4. The molecule has 2 fully saturated rings. The van der Waals surface area contributed by atoms with E-state index >= 15 is 0 Å². The Morgan fingerprint density at radius 2 is 1.56 bits per heavy atom. The van der Waals surface area contributed by atoms with E-state index < -0.39 is 0 Å². The van der Waals surface area contributed by atoms with Crippen LogP contribution in [0.2, 0.25) is 0 Å². The second-order valence-electron chi connectivity index (χ2n) is 14.6. The highest BCUT2D eigenvalue weighted by Crippen LogP contribution is 2.42. The van der Waals surface area contributed by atoms with E-state index in [0.717, 1.165) is 75.7 Å². The van der Waals surface area contributed by atoms with E-state index in [0.29, 0.717) is 18.1 Å². The molecule has 0 amide bonds. The highest BCUT2D eigenvalue weighted by molar-refractivity contribution is 5.84. The maximum absolute atomic E-state index is 13.3. The molecule has 2 aliphatic rings. The van der Waals surface area contributed by atoms with Gasteiger partial charge in [0.25, 0.3) is 0 Å². The Bertz CT molecular complexity index is 1630. The third kappa shape index (κ3) is 8.27. The maximum Gasteiger partial charge on any atom is 0.123 e. The number of aromatic nitrogens is 1. The average Bonchev–Trinajstić information content (AvgIpc) is 3.08. The number of hydrogen-bond donors (Lipinski definition) is 0. The van der Waals surface area contributed by atoms with Gasteiger partial charge in [0.15, 0.2) is 0 Å². The Morgan fingerprint density at radius 3 is 2.23 bits per heavy atom. The van der Waals surface area contributed by atoms with Crippen LogP contribution in [0, 0.1) is 18.2 Å². The molecule has 2 aliphatic heterocycles. The predicted octanol–water partition coefficient (Wildman–Crippen LogP) is 8.71. The minimum absolute atomic E-state index is 0.209.